The SMILES string of the molecule is C.COc1ccc2c3c1O[C@H]1C(OC(=O)[C@H](C)OC(=O)CCN)=CC[C@@]4(O)[C@@H](C2)N(C)CC[C@]314. The third-order valence-electron chi connectivity index (χ3n) is 7.77. The number of nitrogens with two attached hydrogens (primary N) is 1. The van der Waals surface area contributed by atoms with Crippen LogP contribution in [-0.2, 0) is 30.9 Å². The van der Waals surface area contributed by atoms with E-state index in [1.54, 1.807) is 13.2 Å². The first kappa shape index (κ1) is 24.5. The molecule has 4 aliphatic rings. The van der Waals surface area contributed by atoms with Gasteiger partial charge in [0.2, 0.25) is 0 Å². The van der Waals surface area contributed by atoms with Gasteiger partial charge >= 0.3 is 11.9 Å². The van der Waals surface area contributed by atoms with E-state index in [4.69, 9.17) is 24.7 Å². The zero-order chi connectivity index (χ0) is 23.5. The maximum atomic E-state index is 12.8. The fourth-order valence-corrected chi connectivity index (χ4v) is 6.21. The lowest BCUT2D eigenvalue weighted by Gasteiger charge is -2.61. The third kappa shape index (κ3) is 3.17. The van der Waals surface area contributed by atoms with Crippen molar-refractivity contribution in [1.82, 2.24) is 4.90 Å². The van der Waals surface area contributed by atoms with Crippen LogP contribution in [0.5, 0.6) is 11.5 Å². The van der Waals surface area contributed by atoms with Crippen LogP contribution in [-0.4, -0.2) is 73.0 Å². The van der Waals surface area contributed by atoms with Gasteiger partial charge in [0.05, 0.1) is 24.5 Å². The summed E-state index contributed by atoms with van der Waals surface area (Å²) in [6, 6.07) is 3.84. The largest absolute Gasteiger partial charge is 0.493 e. The summed E-state index contributed by atoms with van der Waals surface area (Å²) in [6.45, 7) is 2.38. The Morgan fingerprint density at radius 2 is 2.15 bits per heavy atom. The molecule has 5 rings (SSSR count). The lowest BCUT2D eigenvalue weighted by molar-refractivity contribution is -0.175. The van der Waals surface area contributed by atoms with E-state index in [2.05, 4.69) is 4.90 Å². The number of benzene rings is 1. The van der Waals surface area contributed by atoms with Crippen LogP contribution in [0.1, 0.15) is 44.7 Å². The predicted octanol–water partition coefficient (Wildman–Crippen LogP) is 1.43. The van der Waals surface area contributed by atoms with Crippen molar-refractivity contribution in [2.45, 2.75) is 69.3 Å². The number of rotatable bonds is 6. The van der Waals surface area contributed by atoms with Gasteiger partial charge in [-0.05, 0) is 51.1 Å². The highest BCUT2D eigenvalue weighted by atomic mass is 16.6. The monoisotopic (exact) mass is 474 g/mol. The number of aliphatic hydroxyl groups is 1. The van der Waals surface area contributed by atoms with Crippen LogP contribution in [0.15, 0.2) is 24.0 Å². The summed E-state index contributed by atoms with van der Waals surface area (Å²) < 4.78 is 22.9. The van der Waals surface area contributed by atoms with Gasteiger partial charge < -0.3 is 34.7 Å². The average molecular weight is 475 g/mol. The molecule has 5 atom stereocenters. The Morgan fingerprint density at radius 3 is 2.85 bits per heavy atom. The molecular weight excluding hydrogens is 440 g/mol. The summed E-state index contributed by atoms with van der Waals surface area (Å²) >= 11 is 0. The summed E-state index contributed by atoms with van der Waals surface area (Å²) in [4.78, 5) is 26.7. The molecular formula is C25H34N2O7. The minimum Gasteiger partial charge on any atom is -0.493 e. The van der Waals surface area contributed by atoms with E-state index in [0.29, 0.717) is 36.5 Å². The first-order chi connectivity index (χ1) is 15.8. The number of likely N-dealkylation sites (tertiary alicyclic amines) is 1. The summed E-state index contributed by atoms with van der Waals surface area (Å²) in [5, 5.41) is 12.2. The Kier molecular flexibility index (Phi) is 6.16. The first-order valence-electron chi connectivity index (χ1n) is 11.4. The van der Waals surface area contributed by atoms with Gasteiger partial charge in [-0.25, -0.2) is 4.79 Å². The number of hydrogen-bond acceptors (Lipinski definition) is 9. The van der Waals surface area contributed by atoms with Crippen LogP contribution in [0.2, 0.25) is 0 Å². The van der Waals surface area contributed by atoms with Crippen LogP contribution in [0.25, 0.3) is 0 Å². The van der Waals surface area contributed by atoms with Crippen molar-refractivity contribution < 1.29 is 33.6 Å². The zero-order valence-electron chi connectivity index (χ0n) is 19.1. The molecule has 0 radical (unpaired) electrons. The van der Waals surface area contributed by atoms with Gasteiger partial charge in [-0.15, -0.1) is 0 Å². The molecule has 1 saturated heterocycles. The summed E-state index contributed by atoms with van der Waals surface area (Å²) in [5.74, 6) is 0.276. The quantitative estimate of drug-likeness (QED) is 0.590. The molecule has 1 fully saturated rings. The van der Waals surface area contributed by atoms with Gasteiger partial charge in [0.15, 0.2) is 23.7 Å². The van der Waals surface area contributed by atoms with Crippen molar-refractivity contribution in [3.8, 4) is 11.5 Å². The Balaban J connectivity index is 0.00000274. The molecule has 2 bridgehead atoms. The van der Waals surface area contributed by atoms with Gasteiger partial charge in [-0.2, -0.15) is 0 Å². The van der Waals surface area contributed by atoms with Crippen LogP contribution in [0, 0.1) is 0 Å². The Morgan fingerprint density at radius 1 is 1.38 bits per heavy atom. The molecule has 2 aliphatic heterocycles. The molecule has 0 amide bonds. The summed E-state index contributed by atoms with van der Waals surface area (Å²) in [7, 11) is 3.62. The van der Waals surface area contributed by atoms with Crippen molar-refractivity contribution in [2.24, 2.45) is 5.73 Å². The molecule has 1 aromatic rings. The third-order valence-corrected chi connectivity index (χ3v) is 7.77. The second-order valence-corrected chi connectivity index (χ2v) is 9.38. The predicted molar refractivity (Wildman–Crippen MR) is 124 cm³/mol. The van der Waals surface area contributed by atoms with E-state index in [1.807, 2.05) is 19.2 Å². The van der Waals surface area contributed by atoms with Gasteiger partial charge in [0.1, 0.15) is 5.76 Å². The number of carbonyl (C=O) groups excluding carboxylic acids is 2. The number of esters is 2. The Hall–Kier alpha value is -2.62. The van der Waals surface area contributed by atoms with Crippen molar-refractivity contribution in [3.63, 3.8) is 0 Å². The van der Waals surface area contributed by atoms with Crippen LogP contribution < -0.4 is 15.2 Å². The average Bonchev–Trinajstić information content (AvgIpc) is 3.13. The molecule has 0 aromatic heterocycles. The highest BCUT2D eigenvalue weighted by Crippen LogP contribution is 2.65. The van der Waals surface area contributed by atoms with Gasteiger partial charge in [0, 0.05) is 24.6 Å². The maximum Gasteiger partial charge on any atom is 0.352 e. The number of likely N-dealkylation sites (N-methyl/N-ethyl adjacent to an activating group) is 1. The van der Waals surface area contributed by atoms with Gasteiger partial charge in [-0.1, -0.05) is 13.5 Å². The second-order valence-electron chi connectivity index (χ2n) is 9.38. The smallest absolute Gasteiger partial charge is 0.352 e. The molecule has 0 saturated carbocycles. The lowest BCUT2D eigenvalue weighted by Crippen LogP contribution is -2.74. The van der Waals surface area contributed by atoms with Crippen molar-refractivity contribution in [1.29, 1.82) is 0 Å². The van der Waals surface area contributed by atoms with Crippen molar-refractivity contribution in [3.05, 3.63) is 35.1 Å². The Labute approximate surface area is 199 Å². The normalized spacial score (nSPS) is 31.3. The number of methoxy groups -OCH3 is 1. The maximum absolute atomic E-state index is 12.8. The first-order valence-corrected chi connectivity index (χ1v) is 11.4. The number of hydrogen-bond donors (Lipinski definition) is 2. The van der Waals surface area contributed by atoms with E-state index in [1.165, 1.54) is 6.92 Å². The number of carbonyl (C=O) groups is 2. The molecule has 1 aromatic carbocycles. The standard InChI is InChI=1S/C24H30N2O7.CH4/c1-13(31-18(27)7-10-25)22(28)32-16-6-8-24(29)17-12-14-4-5-15(30-3)20-19(14)23(24,21(16)33-20)9-11-26(17)2;/h4-6,13,17,21,29H,7-12,25H2,1-3H3;1H4/t13-,17+,21-,23-,24+;/m0./s1. The van der Waals surface area contributed by atoms with E-state index in [-0.39, 0.29) is 26.4 Å². The fraction of sp³-hybridized carbons (Fsp3) is 0.600. The molecule has 2 heterocycles. The minimum absolute atomic E-state index is 0. The van der Waals surface area contributed by atoms with Crippen LogP contribution >= 0.6 is 0 Å². The summed E-state index contributed by atoms with van der Waals surface area (Å²) in [6.07, 6.45) is 1.66. The minimum atomic E-state index is -1.09. The lowest BCUT2D eigenvalue weighted by atomic mass is 9.50. The molecule has 186 valence electrons. The second kappa shape index (κ2) is 8.55. The zero-order valence-corrected chi connectivity index (χ0v) is 19.1. The molecule has 3 N–H and O–H groups in total. The fourth-order valence-electron chi connectivity index (χ4n) is 6.21. The van der Waals surface area contributed by atoms with E-state index in [0.717, 1.165) is 17.7 Å². The molecule has 2 aliphatic carbocycles. The van der Waals surface area contributed by atoms with E-state index >= 15 is 0 Å². The van der Waals surface area contributed by atoms with E-state index < -0.39 is 35.2 Å². The van der Waals surface area contributed by atoms with Gasteiger partial charge in [0.25, 0.3) is 0 Å². The number of ether oxygens (including phenoxy) is 4. The van der Waals surface area contributed by atoms with Gasteiger partial charge in [-0.3, -0.25) is 4.79 Å². The highest BCUT2D eigenvalue weighted by Gasteiger charge is 2.72. The molecule has 9 heteroatoms. The van der Waals surface area contributed by atoms with Crippen molar-refractivity contribution >= 4 is 11.9 Å². The molecule has 9 nitrogen and oxygen atoms in total. The molecule has 0 unspecified atom stereocenters. The highest BCUT2D eigenvalue weighted by molar-refractivity contribution is 5.80. The number of piperidine rings is 1. The van der Waals surface area contributed by atoms with Crippen molar-refractivity contribution in [2.75, 3.05) is 27.2 Å². The summed E-state index contributed by atoms with van der Waals surface area (Å²) in [5.41, 5.74) is 5.61. The van der Waals surface area contributed by atoms with E-state index in [9.17, 15) is 14.7 Å². The molecule has 1 spiro atoms. The van der Waals surface area contributed by atoms with Crippen LogP contribution in [0.3, 0.4) is 0 Å². The number of nitrogens with zero attached hydrogens (tertiary/aromatic N) is 1. The Bertz CT molecular complexity index is 1040. The van der Waals surface area contributed by atoms with Crippen LogP contribution in [0.4, 0.5) is 0 Å². The topological polar surface area (TPSA) is 121 Å². The molecule has 34 heavy (non-hydrogen) atoms.